The van der Waals surface area contributed by atoms with Crippen molar-refractivity contribution in [3.63, 3.8) is 0 Å². The number of alkyl halides is 3. The van der Waals surface area contributed by atoms with Gasteiger partial charge in [0.25, 0.3) is 0 Å². The fraction of sp³-hybridized carbons (Fsp3) is 0.621. The summed E-state index contributed by atoms with van der Waals surface area (Å²) in [7, 11) is 0. The smallest absolute Gasteiger partial charge is 0.376 e. The minimum atomic E-state index is -4.47. The summed E-state index contributed by atoms with van der Waals surface area (Å²) >= 11 is 0. The van der Waals surface area contributed by atoms with E-state index in [-0.39, 0.29) is 30.1 Å². The summed E-state index contributed by atoms with van der Waals surface area (Å²) in [5.41, 5.74) is 1.97. The molecule has 12 nitrogen and oxygen atoms in total. The van der Waals surface area contributed by atoms with Crippen LogP contribution in [0.2, 0.25) is 0 Å². The van der Waals surface area contributed by atoms with Crippen molar-refractivity contribution in [1.29, 1.82) is 0 Å². The van der Waals surface area contributed by atoms with Crippen molar-refractivity contribution >= 4 is 24.1 Å². The van der Waals surface area contributed by atoms with Crippen LogP contribution >= 0.6 is 0 Å². The Kier molecular flexibility index (Phi) is 8.91. The van der Waals surface area contributed by atoms with E-state index in [1.807, 2.05) is 50.5 Å². The molecule has 5 aliphatic rings. The molecule has 0 bridgehead atoms. The number of likely N-dealkylation sites (tertiary alicyclic amines) is 1. The van der Waals surface area contributed by atoms with Crippen molar-refractivity contribution in [3.8, 4) is 0 Å². The lowest BCUT2D eigenvalue weighted by Gasteiger charge is -2.32. The molecule has 44 heavy (non-hydrogen) atoms. The van der Waals surface area contributed by atoms with Crippen LogP contribution in [0.5, 0.6) is 0 Å². The SMILES string of the molecule is O=C(NCC(F)(F)F)NC1C=C(C2CN=C3CC(c4cnn(C5CCN(C(=O)NCC6CCCO6)CC5)c4)C=NN32)C=CC1. The van der Waals surface area contributed by atoms with E-state index in [0.717, 1.165) is 49.3 Å². The van der Waals surface area contributed by atoms with Gasteiger partial charge in [-0.05, 0) is 43.2 Å². The monoisotopic (exact) mass is 617 g/mol. The number of carbonyl (C=O) groups is 2. The molecular weight excluding hydrogens is 579 g/mol. The van der Waals surface area contributed by atoms with E-state index in [0.29, 0.717) is 39.0 Å². The van der Waals surface area contributed by atoms with Crippen LogP contribution in [0.1, 0.15) is 56.0 Å². The maximum absolute atomic E-state index is 12.6. The van der Waals surface area contributed by atoms with Crippen LogP contribution in [-0.2, 0) is 4.74 Å². The van der Waals surface area contributed by atoms with Crippen LogP contribution in [-0.4, -0.2) is 107 Å². The van der Waals surface area contributed by atoms with Crippen LogP contribution < -0.4 is 16.0 Å². The molecule has 3 N–H and O–H groups in total. The van der Waals surface area contributed by atoms with Gasteiger partial charge in [-0.1, -0.05) is 18.2 Å². The molecule has 0 radical (unpaired) electrons. The third-order valence-corrected chi connectivity index (χ3v) is 8.70. The standard InChI is InChI=1S/C29H38F3N9O3/c30-29(31,32)18-35-27(42)38-22-4-1-3-19(11-22)25-16-33-26-12-20(13-37-41(25)26)21-14-36-40(17-21)23-6-8-39(9-7-23)28(43)34-15-24-5-2-10-44-24/h1,3,11,13-14,17,20,22-25H,2,4-10,12,15-16,18H2,(H,34,43)(H2,35,38,42). The zero-order valence-corrected chi connectivity index (χ0v) is 24.4. The number of nitrogens with zero attached hydrogens (tertiary/aromatic N) is 6. The Morgan fingerprint density at radius 1 is 1.14 bits per heavy atom. The number of aliphatic imine (C=N–C) groups is 1. The number of rotatable bonds is 7. The summed E-state index contributed by atoms with van der Waals surface area (Å²) in [6.07, 6.45) is 12.1. The normalized spacial score (nSPS) is 27.2. The van der Waals surface area contributed by atoms with Gasteiger partial charge in [-0.2, -0.15) is 23.4 Å². The number of amidine groups is 1. The van der Waals surface area contributed by atoms with Gasteiger partial charge < -0.3 is 25.6 Å². The fourth-order valence-electron chi connectivity index (χ4n) is 6.30. The number of hydrogen-bond donors (Lipinski definition) is 3. The third kappa shape index (κ3) is 7.25. The van der Waals surface area contributed by atoms with Crippen LogP contribution in [0.3, 0.4) is 0 Å². The molecule has 4 amide bonds. The van der Waals surface area contributed by atoms with Gasteiger partial charge in [0.1, 0.15) is 12.4 Å². The van der Waals surface area contributed by atoms with Gasteiger partial charge in [0.2, 0.25) is 0 Å². The van der Waals surface area contributed by atoms with E-state index in [4.69, 9.17) is 14.8 Å². The number of fused-ring (bicyclic) bond motifs is 1. The zero-order valence-electron chi connectivity index (χ0n) is 24.4. The number of carbonyl (C=O) groups excluding carboxylic acids is 2. The minimum absolute atomic E-state index is 0.0311. The van der Waals surface area contributed by atoms with Gasteiger partial charge >= 0.3 is 18.2 Å². The molecule has 4 unspecified atom stereocenters. The maximum atomic E-state index is 12.6. The first kappa shape index (κ1) is 30.2. The first-order valence-corrected chi connectivity index (χ1v) is 15.3. The van der Waals surface area contributed by atoms with Crippen LogP contribution in [0.15, 0.2) is 46.3 Å². The third-order valence-electron chi connectivity index (χ3n) is 8.70. The molecule has 1 aliphatic carbocycles. The highest BCUT2D eigenvalue weighted by molar-refractivity contribution is 5.92. The van der Waals surface area contributed by atoms with Crippen molar-refractivity contribution in [3.05, 3.63) is 41.8 Å². The van der Waals surface area contributed by atoms with Gasteiger partial charge in [0.15, 0.2) is 0 Å². The molecule has 238 valence electrons. The lowest BCUT2D eigenvalue weighted by molar-refractivity contribution is -0.122. The number of urea groups is 2. The summed E-state index contributed by atoms with van der Waals surface area (Å²) in [6.45, 7) is 1.81. The van der Waals surface area contributed by atoms with Gasteiger partial charge in [0, 0.05) is 51.0 Å². The van der Waals surface area contributed by atoms with Crippen LogP contribution in [0, 0.1) is 0 Å². The van der Waals surface area contributed by atoms with Crippen LogP contribution in [0.25, 0.3) is 0 Å². The lowest BCUT2D eigenvalue weighted by atomic mass is 9.95. The molecule has 0 saturated carbocycles. The summed E-state index contributed by atoms with van der Waals surface area (Å²) in [5.74, 6) is 0.897. The predicted molar refractivity (Wildman–Crippen MR) is 156 cm³/mol. The van der Waals surface area contributed by atoms with E-state index < -0.39 is 24.8 Å². The number of piperidine rings is 1. The maximum Gasteiger partial charge on any atom is 0.405 e. The van der Waals surface area contributed by atoms with E-state index in [2.05, 4.69) is 21.9 Å². The Hall–Kier alpha value is -3.88. The number of hydrogen-bond acceptors (Lipinski definition) is 7. The van der Waals surface area contributed by atoms with E-state index >= 15 is 0 Å². The Bertz CT molecular complexity index is 1330. The molecule has 2 fully saturated rings. The average Bonchev–Trinajstić information content (AvgIpc) is 3.80. The van der Waals surface area contributed by atoms with Crippen molar-refractivity contribution in [2.45, 2.75) is 74.8 Å². The molecule has 5 heterocycles. The molecule has 1 aromatic heterocycles. The van der Waals surface area contributed by atoms with Crippen molar-refractivity contribution < 1.29 is 27.5 Å². The number of halogens is 3. The molecule has 4 atom stereocenters. The highest BCUT2D eigenvalue weighted by Crippen LogP contribution is 2.32. The van der Waals surface area contributed by atoms with Gasteiger partial charge in [0.05, 0.1) is 37.0 Å². The first-order chi connectivity index (χ1) is 21.2. The first-order valence-electron chi connectivity index (χ1n) is 15.3. The Morgan fingerprint density at radius 2 is 1.98 bits per heavy atom. The minimum Gasteiger partial charge on any atom is -0.376 e. The average molecular weight is 618 g/mol. The molecule has 0 aromatic carbocycles. The van der Waals surface area contributed by atoms with Gasteiger partial charge in [-0.25, -0.2) is 14.6 Å². The van der Waals surface area contributed by atoms with Crippen molar-refractivity contribution in [1.82, 2.24) is 35.6 Å². The lowest BCUT2D eigenvalue weighted by Crippen LogP contribution is -2.46. The number of hydrazone groups is 1. The highest BCUT2D eigenvalue weighted by atomic mass is 19.4. The highest BCUT2D eigenvalue weighted by Gasteiger charge is 2.35. The van der Waals surface area contributed by atoms with Crippen molar-refractivity contribution in [2.24, 2.45) is 10.1 Å². The number of ether oxygens (including phenoxy) is 1. The largest absolute Gasteiger partial charge is 0.405 e. The predicted octanol–water partition coefficient (Wildman–Crippen LogP) is 3.08. The summed E-state index contributed by atoms with van der Waals surface area (Å²) in [6, 6.07) is -1.23. The molecular formula is C29H38F3N9O3. The molecule has 0 spiro atoms. The van der Waals surface area contributed by atoms with E-state index in [1.54, 1.807) is 0 Å². The Balaban J connectivity index is 0.998. The number of aromatic nitrogens is 2. The molecule has 6 rings (SSSR count). The van der Waals surface area contributed by atoms with Gasteiger partial charge in [-0.15, -0.1) is 0 Å². The topological polar surface area (TPSA) is 128 Å². The second-order valence-corrected chi connectivity index (χ2v) is 11.8. The fourth-order valence-corrected chi connectivity index (χ4v) is 6.30. The molecule has 15 heteroatoms. The summed E-state index contributed by atoms with van der Waals surface area (Å²) < 4.78 is 44.9. The zero-order chi connectivity index (χ0) is 30.7. The summed E-state index contributed by atoms with van der Waals surface area (Å²) in [4.78, 5) is 31.1. The van der Waals surface area contributed by atoms with Crippen molar-refractivity contribution in [2.75, 3.05) is 39.3 Å². The molecule has 2 saturated heterocycles. The van der Waals surface area contributed by atoms with Gasteiger partial charge in [-0.3, -0.25) is 9.67 Å². The Morgan fingerprint density at radius 3 is 2.75 bits per heavy atom. The van der Waals surface area contributed by atoms with Crippen LogP contribution in [0.4, 0.5) is 22.8 Å². The quantitative estimate of drug-likeness (QED) is 0.434. The second kappa shape index (κ2) is 13.0. The van der Waals surface area contributed by atoms with E-state index in [1.165, 1.54) is 0 Å². The molecule has 1 aromatic rings. The number of amides is 4. The van der Waals surface area contributed by atoms with E-state index in [9.17, 15) is 22.8 Å². The molecule has 4 aliphatic heterocycles. The summed E-state index contributed by atoms with van der Waals surface area (Å²) in [5, 5.41) is 18.7. The Labute approximate surface area is 253 Å². The number of nitrogens with one attached hydrogen (secondary N) is 3. The second-order valence-electron chi connectivity index (χ2n) is 11.8.